The Morgan fingerprint density at radius 1 is 1.09 bits per heavy atom. The summed E-state index contributed by atoms with van der Waals surface area (Å²) in [5.41, 5.74) is 1.63. The summed E-state index contributed by atoms with van der Waals surface area (Å²) in [4.78, 5) is 12.9. The predicted molar refractivity (Wildman–Crippen MR) is 123 cm³/mol. The van der Waals surface area contributed by atoms with Crippen LogP contribution < -0.4 is 10.1 Å². The first-order valence-electron chi connectivity index (χ1n) is 10.0. The molecule has 2 heterocycles. The van der Waals surface area contributed by atoms with Gasteiger partial charge in [-0.15, -0.1) is 10.2 Å². The number of aromatic nitrogens is 4. The van der Waals surface area contributed by atoms with E-state index in [2.05, 4.69) is 20.6 Å². The van der Waals surface area contributed by atoms with Crippen molar-refractivity contribution in [3.63, 3.8) is 0 Å². The molecule has 1 amide bonds. The number of benzene rings is 2. The number of hydrogen-bond donors (Lipinski definition) is 1. The van der Waals surface area contributed by atoms with Crippen molar-refractivity contribution in [2.75, 3.05) is 11.9 Å². The zero-order valence-corrected chi connectivity index (χ0v) is 19.1. The fourth-order valence-corrected chi connectivity index (χ4v) is 4.46. The summed E-state index contributed by atoms with van der Waals surface area (Å²) in [6.45, 7) is 2.37. The lowest BCUT2D eigenvalue weighted by Gasteiger charge is -2.03. The number of carbonyl (C=O) groups excluding carboxylic acids is 1. The lowest BCUT2D eigenvalue weighted by molar-refractivity contribution is 0.101. The number of nitrogens with zero attached hydrogens (tertiary/aromatic N) is 4. The molecule has 0 spiro atoms. The molecule has 0 aliphatic rings. The number of carbonyl (C=O) groups is 1. The monoisotopic (exact) mass is 487 g/mol. The predicted octanol–water partition coefficient (Wildman–Crippen LogP) is 5.34. The van der Waals surface area contributed by atoms with E-state index >= 15 is 0 Å². The molecule has 11 heteroatoms. The second-order valence-electron chi connectivity index (χ2n) is 6.85. The van der Waals surface area contributed by atoms with Crippen molar-refractivity contribution in [1.29, 1.82) is 0 Å². The first-order chi connectivity index (χ1) is 16.0. The fraction of sp³-hybridized carbons (Fsp3) is 0.182. The topological polar surface area (TPSA) is 81.9 Å². The van der Waals surface area contributed by atoms with E-state index in [1.807, 2.05) is 6.92 Å². The number of hydrogen-bond acceptors (Lipinski definition) is 7. The minimum absolute atomic E-state index is 0.0866. The van der Waals surface area contributed by atoms with E-state index in [4.69, 9.17) is 4.74 Å². The number of thioether (sulfide) groups is 1. The van der Waals surface area contributed by atoms with Crippen LogP contribution in [0.1, 0.15) is 29.4 Å². The van der Waals surface area contributed by atoms with E-state index < -0.39 is 5.91 Å². The number of ether oxygens (including phenoxy) is 1. The molecule has 1 N–H and O–H groups in total. The average Bonchev–Trinajstić information content (AvgIpc) is 3.45. The van der Waals surface area contributed by atoms with Crippen LogP contribution in [-0.4, -0.2) is 32.5 Å². The molecule has 4 aromatic rings. The van der Waals surface area contributed by atoms with Crippen molar-refractivity contribution in [2.45, 2.75) is 23.4 Å². The maximum absolute atomic E-state index is 13.2. The molecule has 0 fully saturated rings. The van der Waals surface area contributed by atoms with Crippen molar-refractivity contribution in [3.05, 3.63) is 77.6 Å². The van der Waals surface area contributed by atoms with Crippen molar-refractivity contribution in [2.24, 2.45) is 0 Å². The Labute approximate surface area is 196 Å². The Balaban J connectivity index is 1.46. The molecule has 0 saturated heterocycles. The van der Waals surface area contributed by atoms with Gasteiger partial charge in [-0.2, -0.15) is 5.10 Å². The van der Waals surface area contributed by atoms with Crippen LogP contribution in [0.5, 0.6) is 5.75 Å². The minimum Gasteiger partial charge on any atom is -0.489 e. The third-order valence-corrected chi connectivity index (χ3v) is 6.39. The fourth-order valence-electron chi connectivity index (χ4n) is 2.76. The third kappa shape index (κ3) is 5.93. The highest BCUT2D eigenvalue weighted by Crippen LogP contribution is 2.29. The summed E-state index contributed by atoms with van der Waals surface area (Å²) in [5, 5.41) is 15.4. The summed E-state index contributed by atoms with van der Waals surface area (Å²) >= 11 is 2.66. The zero-order chi connectivity index (χ0) is 23.2. The number of anilines is 1. The maximum Gasteiger partial charge on any atom is 0.281 e. The highest BCUT2D eigenvalue weighted by molar-refractivity contribution is 8.00. The van der Waals surface area contributed by atoms with Gasteiger partial charge < -0.3 is 4.74 Å². The maximum atomic E-state index is 13.2. The first kappa shape index (κ1) is 22.9. The number of nitrogens with one attached hydrogen (secondary N) is 1. The van der Waals surface area contributed by atoms with E-state index in [0.29, 0.717) is 33.3 Å². The normalized spacial score (nSPS) is 10.9. The van der Waals surface area contributed by atoms with Gasteiger partial charge in [0, 0.05) is 5.75 Å². The molecular formula is C22H19F2N5O2S2. The van der Waals surface area contributed by atoms with Crippen LogP contribution in [0.4, 0.5) is 13.9 Å². The Bertz CT molecular complexity index is 1230. The van der Waals surface area contributed by atoms with Gasteiger partial charge in [0.15, 0.2) is 15.8 Å². The first-order valence-corrected chi connectivity index (χ1v) is 11.8. The van der Waals surface area contributed by atoms with Crippen molar-refractivity contribution < 1.29 is 18.3 Å². The zero-order valence-electron chi connectivity index (χ0n) is 17.5. The van der Waals surface area contributed by atoms with Gasteiger partial charge in [0.1, 0.15) is 11.6 Å². The van der Waals surface area contributed by atoms with Gasteiger partial charge in [0.05, 0.1) is 18.5 Å². The van der Waals surface area contributed by atoms with Crippen LogP contribution >= 0.6 is 23.1 Å². The molecule has 0 atom stereocenters. The lowest BCUT2D eigenvalue weighted by atomic mass is 10.2. The largest absolute Gasteiger partial charge is 0.489 e. The molecule has 2 aromatic carbocycles. The quantitative estimate of drug-likeness (QED) is 0.254. The molecule has 0 saturated carbocycles. The van der Waals surface area contributed by atoms with E-state index in [1.165, 1.54) is 52.0 Å². The summed E-state index contributed by atoms with van der Waals surface area (Å²) in [7, 11) is 0. The molecule has 7 nitrogen and oxygen atoms in total. The van der Waals surface area contributed by atoms with E-state index in [-0.39, 0.29) is 17.3 Å². The molecule has 2 aromatic heterocycles. The highest BCUT2D eigenvalue weighted by Gasteiger charge is 2.21. The molecule has 33 heavy (non-hydrogen) atoms. The molecule has 0 aliphatic carbocycles. The van der Waals surface area contributed by atoms with Crippen LogP contribution in [0.15, 0.2) is 59.1 Å². The minimum atomic E-state index is -0.492. The van der Waals surface area contributed by atoms with Crippen LogP contribution in [0.3, 0.4) is 0 Å². The van der Waals surface area contributed by atoms with Gasteiger partial charge in [0.2, 0.25) is 5.13 Å². The van der Waals surface area contributed by atoms with Crippen molar-refractivity contribution in [3.8, 4) is 11.4 Å². The van der Waals surface area contributed by atoms with E-state index in [0.717, 1.165) is 12.0 Å². The number of rotatable bonds is 9. The van der Waals surface area contributed by atoms with E-state index in [9.17, 15) is 13.6 Å². The summed E-state index contributed by atoms with van der Waals surface area (Å²) in [5.74, 6) is -0.230. The Morgan fingerprint density at radius 2 is 1.79 bits per heavy atom. The number of amides is 1. The van der Waals surface area contributed by atoms with Crippen LogP contribution in [-0.2, 0) is 5.75 Å². The summed E-state index contributed by atoms with van der Waals surface area (Å²) < 4.78 is 34.1. The van der Waals surface area contributed by atoms with Crippen LogP contribution in [0, 0.1) is 11.6 Å². The summed E-state index contributed by atoms with van der Waals surface area (Å²) in [6.07, 6.45) is 2.34. The molecule has 0 radical (unpaired) electrons. The standard InChI is InChI=1S/C22H19F2N5O2S2/c1-2-11-31-18-12-29(17-9-7-16(24)8-10-17)28-19(18)20(30)25-21-26-27-22(33-21)32-13-14-3-5-15(23)6-4-14/h3-10,12H,2,11,13H2,1H3,(H,25,26,30). The molecular weight excluding hydrogens is 468 g/mol. The summed E-state index contributed by atoms with van der Waals surface area (Å²) in [6, 6.07) is 12.0. The molecule has 0 unspecified atom stereocenters. The lowest BCUT2D eigenvalue weighted by Crippen LogP contribution is -2.14. The average molecular weight is 488 g/mol. The number of halogens is 2. The Hall–Kier alpha value is -3.31. The molecule has 0 bridgehead atoms. The SMILES string of the molecule is CCCOc1cn(-c2ccc(F)cc2)nc1C(=O)Nc1nnc(SCc2ccc(F)cc2)s1. The Morgan fingerprint density at radius 3 is 2.48 bits per heavy atom. The van der Waals surface area contributed by atoms with Gasteiger partial charge in [-0.25, -0.2) is 13.5 Å². The van der Waals surface area contributed by atoms with Gasteiger partial charge in [-0.1, -0.05) is 42.2 Å². The molecule has 170 valence electrons. The van der Waals surface area contributed by atoms with Crippen molar-refractivity contribution in [1.82, 2.24) is 20.0 Å². The highest BCUT2D eigenvalue weighted by atomic mass is 32.2. The van der Waals surface area contributed by atoms with Gasteiger partial charge in [-0.05, 0) is 48.4 Å². The second-order valence-corrected chi connectivity index (χ2v) is 9.05. The Kier molecular flexibility index (Phi) is 7.30. The van der Waals surface area contributed by atoms with Crippen LogP contribution in [0.2, 0.25) is 0 Å². The van der Waals surface area contributed by atoms with Crippen LogP contribution in [0.25, 0.3) is 5.69 Å². The van der Waals surface area contributed by atoms with Gasteiger partial charge >= 0.3 is 0 Å². The third-order valence-electron chi connectivity index (χ3n) is 4.35. The van der Waals surface area contributed by atoms with Gasteiger partial charge in [0.25, 0.3) is 5.91 Å². The smallest absolute Gasteiger partial charge is 0.281 e. The van der Waals surface area contributed by atoms with Gasteiger partial charge in [-0.3, -0.25) is 10.1 Å². The molecule has 4 rings (SSSR count). The second kappa shape index (κ2) is 10.5. The van der Waals surface area contributed by atoms with Crippen molar-refractivity contribution >= 4 is 34.1 Å². The van der Waals surface area contributed by atoms with E-state index in [1.54, 1.807) is 30.5 Å². The molecule has 0 aliphatic heterocycles.